The lowest BCUT2D eigenvalue weighted by Crippen LogP contribution is -2.13. The molecule has 0 bridgehead atoms. The minimum atomic E-state index is -3.79. The average Bonchev–Trinajstić information content (AvgIpc) is 3.08. The van der Waals surface area contributed by atoms with Gasteiger partial charge in [-0.15, -0.1) is 0 Å². The molecule has 8 heteroatoms. The van der Waals surface area contributed by atoms with E-state index in [9.17, 15) is 12.8 Å². The summed E-state index contributed by atoms with van der Waals surface area (Å²) < 4.78 is 40.8. The molecule has 0 aliphatic heterocycles. The highest BCUT2D eigenvalue weighted by atomic mass is 32.2. The van der Waals surface area contributed by atoms with Crippen LogP contribution in [0.5, 0.6) is 0 Å². The molecule has 0 atom stereocenters. The maximum Gasteiger partial charge on any atom is 0.261 e. The van der Waals surface area contributed by atoms with Gasteiger partial charge in [-0.1, -0.05) is 11.3 Å². The summed E-state index contributed by atoms with van der Waals surface area (Å²) in [5.41, 5.74) is 2.39. The molecule has 0 fully saturated rings. The molecule has 0 saturated heterocycles. The zero-order valence-electron chi connectivity index (χ0n) is 14.2. The first-order valence-electron chi connectivity index (χ1n) is 8.03. The highest BCUT2D eigenvalue weighted by Gasteiger charge is 2.16. The molecule has 0 radical (unpaired) electrons. The third-order valence-corrected chi connectivity index (χ3v) is 6.40. The third kappa shape index (κ3) is 3.54. The maximum atomic E-state index is 13.4. The molecule has 0 saturated carbocycles. The molecule has 27 heavy (non-hydrogen) atoms. The van der Waals surface area contributed by atoms with Crippen molar-refractivity contribution >= 4 is 37.4 Å². The molecule has 4 aromatic rings. The van der Waals surface area contributed by atoms with E-state index in [2.05, 4.69) is 14.7 Å². The van der Waals surface area contributed by atoms with Gasteiger partial charge in [0.2, 0.25) is 0 Å². The molecule has 2 heterocycles. The van der Waals surface area contributed by atoms with E-state index in [1.165, 1.54) is 30.4 Å². The Kier molecular flexibility index (Phi) is 4.37. The SMILES string of the molecule is Cc1cc(S(=O)(=O)Nc2ccc(-c3nc4cccnc4s3)cc2)ccc1F. The van der Waals surface area contributed by atoms with Crippen LogP contribution in [0.25, 0.3) is 20.9 Å². The lowest BCUT2D eigenvalue weighted by atomic mass is 10.2. The van der Waals surface area contributed by atoms with Crippen molar-refractivity contribution in [3.05, 3.63) is 72.2 Å². The van der Waals surface area contributed by atoms with Crippen molar-refractivity contribution in [3.63, 3.8) is 0 Å². The Hall–Kier alpha value is -2.84. The number of halogens is 1. The molecule has 4 rings (SSSR count). The van der Waals surface area contributed by atoms with E-state index < -0.39 is 15.8 Å². The summed E-state index contributed by atoms with van der Waals surface area (Å²) in [7, 11) is -3.79. The van der Waals surface area contributed by atoms with Crippen molar-refractivity contribution in [2.45, 2.75) is 11.8 Å². The molecule has 136 valence electrons. The van der Waals surface area contributed by atoms with E-state index in [4.69, 9.17) is 0 Å². The zero-order valence-corrected chi connectivity index (χ0v) is 15.8. The van der Waals surface area contributed by atoms with Crippen LogP contribution >= 0.6 is 11.3 Å². The van der Waals surface area contributed by atoms with Crippen molar-refractivity contribution in [2.24, 2.45) is 0 Å². The third-order valence-electron chi connectivity index (χ3n) is 3.99. The smallest absolute Gasteiger partial charge is 0.261 e. The summed E-state index contributed by atoms with van der Waals surface area (Å²) in [6, 6.07) is 14.4. The molecule has 0 aliphatic rings. The van der Waals surface area contributed by atoms with Gasteiger partial charge in [0.1, 0.15) is 21.2 Å². The first-order valence-corrected chi connectivity index (χ1v) is 10.3. The van der Waals surface area contributed by atoms with Crippen LogP contribution in [-0.4, -0.2) is 18.4 Å². The maximum absolute atomic E-state index is 13.4. The van der Waals surface area contributed by atoms with Gasteiger partial charge in [-0.3, -0.25) is 4.72 Å². The van der Waals surface area contributed by atoms with Gasteiger partial charge in [0.15, 0.2) is 0 Å². The molecule has 0 spiro atoms. The number of hydrogen-bond acceptors (Lipinski definition) is 5. The van der Waals surface area contributed by atoms with E-state index in [-0.39, 0.29) is 10.5 Å². The number of nitrogens with zero attached hydrogens (tertiary/aromatic N) is 2. The van der Waals surface area contributed by atoms with Crippen molar-refractivity contribution in [1.29, 1.82) is 0 Å². The van der Waals surface area contributed by atoms with Gasteiger partial charge in [0.25, 0.3) is 10.0 Å². The highest BCUT2D eigenvalue weighted by molar-refractivity contribution is 7.92. The minimum Gasteiger partial charge on any atom is -0.280 e. The second kappa shape index (κ2) is 6.71. The monoisotopic (exact) mass is 399 g/mol. The molecule has 2 aromatic heterocycles. The summed E-state index contributed by atoms with van der Waals surface area (Å²) in [5, 5.41) is 0.812. The van der Waals surface area contributed by atoms with Crippen molar-refractivity contribution in [2.75, 3.05) is 4.72 Å². The number of thiazole rings is 1. The van der Waals surface area contributed by atoms with Crippen LogP contribution in [0, 0.1) is 12.7 Å². The van der Waals surface area contributed by atoms with Crippen LogP contribution in [0.2, 0.25) is 0 Å². The van der Waals surface area contributed by atoms with Gasteiger partial charge in [0, 0.05) is 17.4 Å². The number of rotatable bonds is 4. The van der Waals surface area contributed by atoms with Gasteiger partial charge in [-0.25, -0.2) is 22.8 Å². The summed E-state index contributed by atoms with van der Waals surface area (Å²) in [5.74, 6) is -0.441. The van der Waals surface area contributed by atoms with Gasteiger partial charge < -0.3 is 0 Å². The van der Waals surface area contributed by atoms with E-state index in [0.29, 0.717) is 5.69 Å². The summed E-state index contributed by atoms with van der Waals surface area (Å²) in [6.45, 7) is 1.52. The Morgan fingerprint density at radius 2 is 1.85 bits per heavy atom. The average molecular weight is 399 g/mol. The molecule has 2 aromatic carbocycles. The summed E-state index contributed by atoms with van der Waals surface area (Å²) in [4.78, 5) is 9.68. The number of aryl methyl sites for hydroxylation is 1. The Morgan fingerprint density at radius 3 is 2.56 bits per heavy atom. The molecular formula is C19H14FN3O2S2. The predicted octanol–water partition coefficient (Wildman–Crippen LogP) is 4.61. The fraction of sp³-hybridized carbons (Fsp3) is 0.0526. The second-order valence-corrected chi connectivity index (χ2v) is 8.60. The van der Waals surface area contributed by atoms with Crippen molar-refractivity contribution in [1.82, 2.24) is 9.97 Å². The second-order valence-electron chi connectivity index (χ2n) is 5.94. The Morgan fingerprint density at radius 1 is 1.07 bits per heavy atom. The van der Waals surface area contributed by atoms with Crippen LogP contribution in [0.15, 0.2) is 65.7 Å². The normalized spacial score (nSPS) is 11.6. The summed E-state index contributed by atoms with van der Waals surface area (Å²) >= 11 is 1.47. The predicted molar refractivity (Wildman–Crippen MR) is 105 cm³/mol. The molecule has 1 N–H and O–H groups in total. The van der Waals surface area contributed by atoms with Crippen LogP contribution in [0.1, 0.15) is 5.56 Å². The lowest BCUT2D eigenvalue weighted by molar-refractivity contribution is 0.598. The van der Waals surface area contributed by atoms with E-state index in [1.807, 2.05) is 12.1 Å². The van der Waals surface area contributed by atoms with Crippen LogP contribution in [0.3, 0.4) is 0 Å². The Balaban J connectivity index is 1.59. The van der Waals surface area contributed by atoms with Crippen molar-refractivity contribution in [3.8, 4) is 10.6 Å². The van der Waals surface area contributed by atoms with Gasteiger partial charge in [-0.05, 0) is 67.1 Å². The quantitative estimate of drug-likeness (QED) is 0.544. The van der Waals surface area contributed by atoms with E-state index >= 15 is 0 Å². The van der Waals surface area contributed by atoms with E-state index in [1.54, 1.807) is 30.5 Å². The van der Waals surface area contributed by atoms with Crippen LogP contribution in [-0.2, 0) is 10.0 Å². The fourth-order valence-corrected chi connectivity index (χ4v) is 4.63. The number of pyridine rings is 1. The van der Waals surface area contributed by atoms with E-state index in [0.717, 1.165) is 27.0 Å². The number of nitrogens with one attached hydrogen (secondary N) is 1. The Bertz CT molecular complexity index is 1200. The first kappa shape index (κ1) is 17.6. The number of anilines is 1. The van der Waals surface area contributed by atoms with Crippen LogP contribution in [0.4, 0.5) is 10.1 Å². The molecule has 5 nitrogen and oxygen atoms in total. The molecular weight excluding hydrogens is 385 g/mol. The number of benzene rings is 2. The number of sulfonamides is 1. The minimum absolute atomic E-state index is 0.0164. The largest absolute Gasteiger partial charge is 0.280 e. The first-order chi connectivity index (χ1) is 12.9. The molecule has 0 amide bonds. The zero-order chi connectivity index (χ0) is 19.0. The standard InChI is InChI=1S/C19H14FN3O2S2/c1-12-11-15(8-9-16(12)20)27(24,25)23-14-6-4-13(5-7-14)18-22-17-3-2-10-21-19(17)26-18/h2-11,23H,1H3. The van der Waals surface area contributed by atoms with Gasteiger partial charge in [-0.2, -0.15) is 0 Å². The molecule has 0 aliphatic carbocycles. The van der Waals surface area contributed by atoms with Crippen molar-refractivity contribution < 1.29 is 12.8 Å². The van der Waals surface area contributed by atoms with Gasteiger partial charge in [0.05, 0.1) is 4.90 Å². The highest BCUT2D eigenvalue weighted by Crippen LogP contribution is 2.29. The number of fused-ring (bicyclic) bond motifs is 1. The van der Waals surface area contributed by atoms with Crippen LogP contribution < -0.4 is 4.72 Å². The lowest BCUT2D eigenvalue weighted by Gasteiger charge is -2.09. The summed E-state index contributed by atoms with van der Waals surface area (Å²) in [6.07, 6.45) is 1.72. The molecule has 0 unspecified atom stereocenters. The topological polar surface area (TPSA) is 72.0 Å². The number of aromatic nitrogens is 2. The fourth-order valence-electron chi connectivity index (χ4n) is 2.57. The Labute approximate surface area is 159 Å². The number of hydrogen-bond donors (Lipinski definition) is 1. The van der Waals surface area contributed by atoms with Gasteiger partial charge >= 0.3 is 0 Å².